The predicted octanol–water partition coefficient (Wildman–Crippen LogP) is 1.04. The van der Waals surface area contributed by atoms with Crippen molar-refractivity contribution >= 4 is 23.2 Å². The van der Waals surface area contributed by atoms with Crippen LogP contribution in [0.5, 0.6) is 0 Å². The summed E-state index contributed by atoms with van der Waals surface area (Å²) < 4.78 is 94.1. The van der Waals surface area contributed by atoms with E-state index < -0.39 is 22.6 Å². The molecule has 0 aliphatic carbocycles. The van der Waals surface area contributed by atoms with Crippen LogP contribution in [0.25, 0.3) is 0 Å². The summed E-state index contributed by atoms with van der Waals surface area (Å²) in [4.78, 5) is 0. The van der Waals surface area contributed by atoms with Gasteiger partial charge in [-0.3, -0.25) is 0 Å². The Morgan fingerprint density at radius 3 is 1.07 bits per heavy atom. The zero-order valence-corrected chi connectivity index (χ0v) is 10.3. The SMILES string of the molecule is FC(F)(F)C(F)(F)C(F)(Cl)C(F)(F)Cl.[H-].[Na+]. The Hall–Kier alpha value is 1.02. The second-order valence-electron chi connectivity index (χ2n) is 2.14. The van der Waals surface area contributed by atoms with Crippen LogP contribution in [-0.4, -0.2) is 22.6 Å². The third-order valence-electron chi connectivity index (χ3n) is 1.11. The molecule has 0 saturated carbocycles. The summed E-state index contributed by atoms with van der Waals surface area (Å²) in [6.07, 6.45) is -6.57. The van der Waals surface area contributed by atoms with Crippen LogP contribution >= 0.6 is 23.2 Å². The summed E-state index contributed by atoms with van der Waals surface area (Å²) in [6, 6.07) is 0. The Morgan fingerprint density at radius 2 is 1.00 bits per heavy atom. The first kappa shape index (κ1) is 18.4. The molecule has 0 heterocycles. The summed E-state index contributed by atoms with van der Waals surface area (Å²) >= 11 is 7.47. The molecule has 0 rings (SSSR count). The van der Waals surface area contributed by atoms with Crippen molar-refractivity contribution in [3.8, 4) is 0 Å². The number of hydrogen-bond donors (Lipinski definition) is 0. The minimum atomic E-state index is -6.57. The van der Waals surface area contributed by atoms with Gasteiger partial charge in [-0.15, -0.1) is 0 Å². The Bertz CT molecular complexity index is 199. The molecule has 11 heteroatoms. The smallest absolute Gasteiger partial charge is 1.00 e. The quantitative estimate of drug-likeness (QED) is 0.406. The first-order valence-electron chi connectivity index (χ1n) is 2.64. The maximum absolute atomic E-state index is 12.3. The molecule has 0 aliphatic rings. The molecule has 0 saturated heterocycles. The Labute approximate surface area is 112 Å². The minimum absolute atomic E-state index is 0. The van der Waals surface area contributed by atoms with Gasteiger partial charge >= 0.3 is 52.2 Å². The van der Waals surface area contributed by atoms with Gasteiger partial charge in [0.2, 0.25) is 0 Å². The van der Waals surface area contributed by atoms with E-state index in [0.717, 1.165) is 0 Å². The van der Waals surface area contributed by atoms with Crippen molar-refractivity contribution in [2.24, 2.45) is 0 Å². The molecule has 0 bridgehead atoms. The van der Waals surface area contributed by atoms with Gasteiger partial charge in [-0.1, -0.05) is 11.6 Å². The van der Waals surface area contributed by atoms with Gasteiger partial charge in [-0.2, -0.15) is 30.7 Å². The van der Waals surface area contributed by atoms with Crippen LogP contribution < -0.4 is 29.6 Å². The van der Waals surface area contributed by atoms with Crippen LogP contribution in [0.15, 0.2) is 0 Å². The van der Waals surface area contributed by atoms with Crippen LogP contribution in [-0.2, 0) is 0 Å². The molecular weight excluding hydrogens is 294 g/mol. The van der Waals surface area contributed by atoms with E-state index in [-0.39, 0.29) is 31.0 Å². The molecule has 0 radical (unpaired) electrons. The molecule has 1 unspecified atom stereocenters. The normalized spacial score (nSPS) is 18.0. The molecule has 0 aliphatic heterocycles. The molecule has 0 nitrogen and oxygen atoms in total. The van der Waals surface area contributed by atoms with Crippen LogP contribution in [0.1, 0.15) is 1.43 Å². The van der Waals surface area contributed by atoms with Gasteiger partial charge in [0, 0.05) is 0 Å². The van der Waals surface area contributed by atoms with Crippen LogP contribution in [0.4, 0.5) is 35.1 Å². The maximum Gasteiger partial charge on any atom is 1.00 e. The van der Waals surface area contributed by atoms with Crippen LogP contribution in [0.2, 0.25) is 0 Å². The molecule has 15 heavy (non-hydrogen) atoms. The van der Waals surface area contributed by atoms with Crippen LogP contribution in [0.3, 0.4) is 0 Å². The van der Waals surface area contributed by atoms with Crippen molar-refractivity contribution in [1.82, 2.24) is 0 Å². The van der Waals surface area contributed by atoms with Crippen molar-refractivity contribution in [1.29, 1.82) is 0 Å². The van der Waals surface area contributed by atoms with Gasteiger partial charge in [0.15, 0.2) is 0 Å². The number of hydrogen-bond acceptors (Lipinski definition) is 0. The van der Waals surface area contributed by atoms with Gasteiger partial charge < -0.3 is 1.43 Å². The van der Waals surface area contributed by atoms with E-state index in [1.54, 1.807) is 0 Å². The van der Waals surface area contributed by atoms with Crippen molar-refractivity contribution < 1.29 is 66.1 Å². The molecule has 88 valence electrons. The van der Waals surface area contributed by atoms with Gasteiger partial charge in [0.25, 0.3) is 0 Å². The van der Waals surface area contributed by atoms with Crippen molar-refractivity contribution in [3.63, 3.8) is 0 Å². The molecular formula is C4HCl2F8Na. The largest absolute Gasteiger partial charge is 1.00 e. The number of halogens is 10. The van der Waals surface area contributed by atoms with Crippen molar-refractivity contribution in [3.05, 3.63) is 0 Å². The van der Waals surface area contributed by atoms with Crippen LogP contribution in [0, 0.1) is 0 Å². The van der Waals surface area contributed by atoms with E-state index in [9.17, 15) is 35.1 Å². The third-order valence-corrected chi connectivity index (χ3v) is 1.94. The topological polar surface area (TPSA) is 0 Å². The summed E-state index contributed by atoms with van der Waals surface area (Å²) in [7, 11) is 0. The van der Waals surface area contributed by atoms with Gasteiger partial charge in [0.1, 0.15) is 0 Å². The molecule has 0 spiro atoms. The maximum atomic E-state index is 12.3. The van der Waals surface area contributed by atoms with E-state index in [4.69, 9.17) is 0 Å². The van der Waals surface area contributed by atoms with Crippen molar-refractivity contribution in [2.75, 3.05) is 0 Å². The molecule has 1 atom stereocenters. The zero-order chi connectivity index (χ0) is 12.0. The fourth-order valence-electron chi connectivity index (χ4n) is 0.356. The van der Waals surface area contributed by atoms with E-state index >= 15 is 0 Å². The summed E-state index contributed by atoms with van der Waals surface area (Å²) in [6.45, 7) is 0. The fraction of sp³-hybridized carbons (Fsp3) is 1.00. The van der Waals surface area contributed by atoms with Gasteiger partial charge in [-0.05, 0) is 11.6 Å². The van der Waals surface area contributed by atoms with Gasteiger partial charge in [-0.25, -0.2) is 4.39 Å². The van der Waals surface area contributed by atoms with E-state index in [0.29, 0.717) is 0 Å². The molecule has 0 N–H and O–H groups in total. The van der Waals surface area contributed by atoms with Gasteiger partial charge in [0.05, 0.1) is 0 Å². The number of rotatable bonds is 2. The zero-order valence-electron chi connectivity index (χ0n) is 7.78. The Balaban J connectivity index is -0.000000845. The molecule has 0 fully saturated rings. The Kier molecular flexibility index (Phi) is 5.78. The van der Waals surface area contributed by atoms with E-state index in [1.807, 2.05) is 0 Å². The monoisotopic (exact) mass is 294 g/mol. The molecule has 0 aromatic rings. The summed E-state index contributed by atoms with van der Waals surface area (Å²) in [5, 5.41) is -11.3. The second kappa shape index (κ2) is 4.72. The van der Waals surface area contributed by atoms with Crippen molar-refractivity contribution in [2.45, 2.75) is 22.6 Å². The molecule has 0 aromatic heterocycles. The average molecular weight is 295 g/mol. The number of alkyl halides is 10. The van der Waals surface area contributed by atoms with E-state index in [1.165, 1.54) is 0 Å². The summed E-state index contributed by atoms with van der Waals surface area (Å²) in [5.41, 5.74) is 0. The minimum Gasteiger partial charge on any atom is -1.00 e. The Morgan fingerprint density at radius 1 is 0.733 bits per heavy atom. The molecule has 0 amide bonds. The first-order chi connectivity index (χ1) is 5.75. The molecule has 0 aromatic carbocycles. The van der Waals surface area contributed by atoms with E-state index in [2.05, 4.69) is 23.2 Å². The third kappa shape index (κ3) is 3.24. The summed E-state index contributed by atoms with van der Waals surface area (Å²) in [5.74, 6) is -6.47. The first-order valence-corrected chi connectivity index (χ1v) is 3.40. The standard InChI is InChI=1S/C4Cl2F8.Na.H/c5-1(7,3(6,10)11)2(8,9)4(12,13)14;;/q;+1;-1. The second-order valence-corrected chi connectivity index (χ2v) is 3.14. The fourth-order valence-corrected chi connectivity index (χ4v) is 0.582. The predicted molar refractivity (Wildman–Crippen MR) is 32.6 cm³/mol. The average Bonchev–Trinajstić information content (AvgIpc) is 1.81.